The summed E-state index contributed by atoms with van der Waals surface area (Å²) in [6, 6.07) is 23.8. The number of halogens is 1. The van der Waals surface area contributed by atoms with E-state index in [-0.39, 0.29) is 18.1 Å². The van der Waals surface area contributed by atoms with Crippen molar-refractivity contribution in [3.63, 3.8) is 0 Å². The Hall–Kier alpha value is -5.94. The van der Waals surface area contributed by atoms with Crippen LogP contribution in [0.5, 0.6) is 5.75 Å². The van der Waals surface area contributed by atoms with Gasteiger partial charge in [-0.1, -0.05) is 30.3 Å². The van der Waals surface area contributed by atoms with Crippen LogP contribution < -0.4 is 10.1 Å². The summed E-state index contributed by atoms with van der Waals surface area (Å²) in [4.78, 5) is 32.4. The van der Waals surface area contributed by atoms with E-state index in [9.17, 15) is 9.18 Å². The van der Waals surface area contributed by atoms with E-state index in [1.54, 1.807) is 18.6 Å². The molecule has 0 atom stereocenters. The Labute approximate surface area is 281 Å². The number of anilines is 1. The highest BCUT2D eigenvalue weighted by Crippen LogP contribution is 2.34. The molecule has 8 rings (SSSR count). The number of rotatable bonds is 10. The van der Waals surface area contributed by atoms with Gasteiger partial charge < -0.3 is 15.0 Å². The number of aromatic amines is 2. The van der Waals surface area contributed by atoms with E-state index in [1.807, 2.05) is 66.7 Å². The number of carbonyl (C=O) groups excluding carboxylic acids is 1. The molecular weight excluding hydrogens is 619 g/mol. The van der Waals surface area contributed by atoms with E-state index in [0.29, 0.717) is 46.2 Å². The predicted octanol–water partition coefficient (Wildman–Crippen LogP) is 7.03. The third-order valence-corrected chi connectivity index (χ3v) is 8.76. The molecule has 1 fully saturated rings. The molecule has 7 aromatic rings. The Morgan fingerprint density at radius 2 is 1.80 bits per heavy atom. The van der Waals surface area contributed by atoms with E-state index in [1.165, 1.54) is 25.0 Å². The van der Waals surface area contributed by atoms with Crippen LogP contribution >= 0.6 is 0 Å². The predicted molar refractivity (Wildman–Crippen MR) is 188 cm³/mol. The van der Waals surface area contributed by atoms with Gasteiger partial charge in [-0.15, -0.1) is 0 Å². The smallest absolute Gasteiger partial charge is 0.228 e. The second-order valence-corrected chi connectivity index (χ2v) is 12.2. The highest BCUT2D eigenvalue weighted by atomic mass is 19.1. The number of carbonyl (C=O) groups is 1. The number of hydrogen-bond donors (Lipinski definition) is 3. The second-order valence-electron chi connectivity index (χ2n) is 12.2. The molecule has 2 aromatic carbocycles. The molecule has 244 valence electrons. The summed E-state index contributed by atoms with van der Waals surface area (Å²) < 4.78 is 20.8. The number of aromatic nitrogens is 6. The molecule has 1 aliphatic rings. The topological polar surface area (TPSA) is 125 Å². The molecule has 6 heterocycles. The van der Waals surface area contributed by atoms with Gasteiger partial charge in [0.1, 0.15) is 29.4 Å². The molecular formula is C38H33FN8O2. The summed E-state index contributed by atoms with van der Waals surface area (Å²) in [6.07, 6.45) is 7.73. The lowest BCUT2D eigenvalue weighted by Crippen LogP contribution is -2.25. The van der Waals surface area contributed by atoms with Gasteiger partial charge in [0.25, 0.3) is 0 Å². The Bertz CT molecular complexity index is 2280. The SMILES string of the molecule is O=C(Cc1ccccc1)Nc1cncc(-c2ccc3[nH]nc(-c4cc5c(-c6cc(F)cc(OCCN7CCCC7)c6)nccc5[nH]4)c3n2)c1. The van der Waals surface area contributed by atoms with Crippen LogP contribution in [0, 0.1) is 5.82 Å². The molecule has 1 saturated heterocycles. The third-order valence-electron chi connectivity index (χ3n) is 8.76. The first-order chi connectivity index (χ1) is 24.1. The van der Waals surface area contributed by atoms with E-state index in [2.05, 4.69) is 35.4 Å². The molecule has 49 heavy (non-hydrogen) atoms. The minimum atomic E-state index is -0.382. The largest absolute Gasteiger partial charge is 0.492 e. The Morgan fingerprint density at radius 1 is 0.918 bits per heavy atom. The summed E-state index contributed by atoms with van der Waals surface area (Å²) >= 11 is 0. The first-order valence-corrected chi connectivity index (χ1v) is 16.3. The minimum absolute atomic E-state index is 0.127. The summed E-state index contributed by atoms with van der Waals surface area (Å²) in [6.45, 7) is 3.49. The molecule has 0 unspecified atom stereocenters. The van der Waals surface area contributed by atoms with Crippen LogP contribution in [0.15, 0.2) is 97.5 Å². The van der Waals surface area contributed by atoms with Crippen LogP contribution in [0.3, 0.4) is 0 Å². The number of nitrogens with one attached hydrogen (secondary N) is 3. The lowest BCUT2D eigenvalue weighted by Gasteiger charge is -2.15. The fourth-order valence-electron chi connectivity index (χ4n) is 6.38. The van der Waals surface area contributed by atoms with Gasteiger partial charge in [0.15, 0.2) is 0 Å². The molecule has 5 aromatic heterocycles. The van der Waals surface area contributed by atoms with Gasteiger partial charge in [0.05, 0.1) is 40.9 Å². The molecule has 0 spiro atoms. The Kier molecular flexibility index (Phi) is 8.24. The quantitative estimate of drug-likeness (QED) is 0.145. The van der Waals surface area contributed by atoms with Gasteiger partial charge in [-0.3, -0.25) is 24.8 Å². The molecule has 1 amide bonds. The normalized spacial score (nSPS) is 13.3. The zero-order valence-electron chi connectivity index (χ0n) is 26.6. The van der Waals surface area contributed by atoms with E-state index < -0.39 is 0 Å². The highest BCUT2D eigenvalue weighted by Gasteiger charge is 2.18. The third kappa shape index (κ3) is 6.61. The lowest BCUT2D eigenvalue weighted by molar-refractivity contribution is -0.115. The van der Waals surface area contributed by atoms with Crippen LogP contribution in [0.25, 0.3) is 55.8 Å². The number of nitrogens with zero attached hydrogens (tertiary/aromatic N) is 5. The highest BCUT2D eigenvalue weighted by molar-refractivity contribution is 5.99. The van der Waals surface area contributed by atoms with Gasteiger partial charge in [-0.2, -0.15) is 5.10 Å². The Balaban J connectivity index is 1.06. The number of fused-ring (bicyclic) bond motifs is 2. The Morgan fingerprint density at radius 3 is 2.67 bits per heavy atom. The number of hydrogen-bond acceptors (Lipinski definition) is 7. The van der Waals surface area contributed by atoms with Gasteiger partial charge >= 0.3 is 0 Å². The van der Waals surface area contributed by atoms with Crippen molar-refractivity contribution in [3.8, 4) is 39.7 Å². The summed E-state index contributed by atoms with van der Waals surface area (Å²) in [5.41, 5.74) is 7.82. The number of ether oxygens (including phenoxy) is 1. The van der Waals surface area contributed by atoms with Crippen molar-refractivity contribution in [2.24, 2.45) is 0 Å². The van der Waals surface area contributed by atoms with Crippen LogP contribution in [0.1, 0.15) is 18.4 Å². The van der Waals surface area contributed by atoms with Crippen molar-refractivity contribution < 1.29 is 13.9 Å². The average Bonchev–Trinajstić information content (AvgIpc) is 3.88. The maximum Gasteiger partial charge on any atom is 0.228 e. The first-order valence-electron chi connectivity index (χ1n) is 16.3. The maximum absolute atomic E-state index is 14.8. The summed E-state index contributed by atoms with van der Waals surface area (Å²) in [5, 5.41) is 11.4. The summed E-state index contributed by atoms with van der Waals surface area (Å²) in [7, 11) is 0. The molecule has 3 N–H and O–H groups in total. The van der Waals surface area contributed by atoms with E-state index >= 15 is 0 Å². The molecule has 1 aliphatic heterocycles. The number of amides is 1. The van der Waals surface area contributed by atoms with E-state index in [0.717, 1.165) is 52.9 Å². The van der Waals surface area contributed by atoms with Crippen molar-refractivity contribution in [3.05, 3.63) is 109 Å². The first kappa shape index (κ1) is 30.4. The lowest BCUT2D eigenvalue weighted by atomic mass is 10.1. The monoisotopic (exact) mass is 652 g/mol. The van der Waals surface area contributed by atoms with E-state index in [4.69, 9.17) is 9.72 Å². The molecule has 11 heteroatoms. The number of likely N-dealkylation sites (tertiary alicyclic amines) is 1. The van der Waals surface area contributed by atoms with Crippen LogP contribution in [-0.4, -0.2) is 67.2 Å². The van der Waals surface area contributed by atoms with Gasteiger partial charge in [-0.05, 0) is 74.0 Å². The van der Waals surface area contributed by atoms with Crippen LogP contribution in [0.4, 0.5) is 10.1 Å². The molecule has 0 radical (unpaired) electrons. The fraction of sp³-hybridized carbons (Fsp3) is 0.184. The minimum Gasteiger partial charge on any atom is -0.492 e. The number of pyridine rings is 3. The number of benzene rings is 2. The van der Waals surface area contributed by atoms with Gasteiger partial charge in [-0.25, -0.2) is 9.37 Å². The fourth-order valence-corrected chi connectivity index (χ4v) is 6.38. The molecule has 0 saturated carbocycles. The molecule has 10 nitrogen and oxygen atoms in total. The second kappa shape index (κ2) is 13.3. The van der Waals surface area contributed by atoms with Crippen molar-refractivity contribution in [2.75, 3.05) is 31.6 Å². The average molecular weight is 653 g/mol. The maximum atomic E-state index is 14.8. The van der Waals surface area contributed by atoms with Crippen molar-refractivity contribution >= 4 is 33.5 Å². The van der Waals surface area contributed by atoms with Crippen molar-refractivity contribution in [2.45, 2.75) is 19.3 Å². The molecule has 0 bridgehead atoms. The summed E-state index contributed by atoms with van der Waals surface area (Å²) in [5.74, 6) is -0.0291. The van der Waals surface area contributed by atoms with Gasteiger partial charge in [0.2, 0.25) is 5.91 Å². The van der Waals surface area contributed by atoms with Gasteiger partial charge in [0, 0.05) is 47.0 Å². The standard InChI is InChI=1S/C38H33FN8O2/c39-27-17-25(19-29(20-27)49-15-14-47-12-4-5-13-47)36-30-21-34(43-32(30)10-11-41-36)38-37-33(45-46-38)9-8-31(44-37)26-18-28(23-40-22-26)42-35(48)16-24-6-2-1-3-7-24/h1-3,6-11,17-23,43H,4-5,12-16H2,(H,42,48)(H,45,46). The van der Waals surface area contributed by atoms with Crippen LogP contribution in [0.2, 0.25) is 0 Å². The zero-order chi connectivity index (χ0) is 33.2. The number of H-pyrrole nitrogens is 2. The molecule has 0 aliphatic carbocycles. The van der Waals surface area contributed by atoms with Crippen molar-refractivity contribution in [1.82, 2.24) is 35.0 Å². The van der Waals surface area contributed by atoms with Crippen LogP contribution in [-0.2, 0) is 11.2 Å². The zero-order valence-corrected chi connectivity index (χ0v) is 26.6. The van der Waals surface area contributed by atoms with Crippen molar-refractivity contribution in [1.29, 1.82) is 0 Å².